The van der Waals surface area contributed by atoms with Crippen LogP contribution >= 0.6 is 0 Å². The number of ether oxygens (including phenoxy) is 1. The standard InChI is InChI=1S/C18H35N3O2/c1-13(2)14(12-20-17(22)23-18(3,4)5)11-19-15-8-10-21-9-6-7-16(15)21/h13-16,19H,6-12H2,1-5H3,(H,20,22). The summed E-state index contributed by atoms with van der Waals surface area (Å²) >= 11 is 0. The molecule has 0 aliphatic carbocycles. The molecule has 0 aromatic heterocycles. The molecular weight excluding hydrogens is 290 g/mol. The molecule has 3 atom stereocenters. The molecule has 23 heavy (non-hydrogen) atoms. The normalized spacial score (nSPS) is 26.3. The summed E-state index contributed by atoms with van der Waals surface area (Å²) < 4.78 is 5.33. The second kappa shape index (κ2) is 7.84. The van der Waals surface area contributed by atoms with Gasteiger partial charge in [-0.15, -0.1) is 0 Å². The number of fused-ring (bicyclic) bond motifs is 1. The van der Waals surface area contributed by atoms with Gasteiger partial charge in [-0.2, -0.15) is 0 Å². The van der Waals surface area contributed by atoms with Crippen LogP contribution in [0, 0.1) is 11.8 Å². The highest BCUT2D eigenvalue weighted by molar-refractivity contribution is 5.67. The van der Waals surface area contributed by atoms with Gasteiger partial charge in [0.1, 0.15) is 5.60 Å². The summed E-state index contributed by atoms with van der Waals surface area (Å²) in [5.74, 6) is 0.955. The number of carbonyl (C=O) groups excluding carboxylic acids is 1. The molecule has 2 saturated heterocycles. The summed E-state index contributed by atoms with van der Waals surface area (Å²) in [6, 6.07) is 1.36. The molecule has 1 amide bonds. The van der Waals surface area contributed by atoms with Gasteiger partial charge in [0, 0.05) is 31.7 Å². The Hall–Kier alpha value is -0.810. The summed E-state index contributed by atoms with van der Waals surface area (Å²) in [5.41, 5.74) is -0.439. The number of hydrogen-bond acceptors (Lipinski definition) is 4. The van der Waals surface area contributed by atoms with Gasteiger partial charge in [0.2, 0.25) is 0 Å². The van der Waals surface area contributed by atoms with E-state index in [1.165, 1.54) is 32.4 Å². The molecule has 2 heterocycles. The third-order valence-corrected chi connectivity index (χ3v) is 5.10. The van der Waals surface area contributed by atoms with Crippen molar-refractivity contribution in [1.82, 2.24) is 15.5 Å². The Kier molecular flexibility index (Phi) is 6.32. The minimum absolute atomic E-state index is 0.314. The summed E-state index contributed by atoms with van der Waals surface area (Å²) in [6.45, 7) is 14.3. The molecule has 0 radical (unpaired) electrons. The lowest BCUT2D eigenvalue weighted by atomic mass is 9.95. The number of amides is 1. The number of nitrogens with one attached hydrogen (secondary N) is 2. The highest BCUT2D eigenvalue weighted by Gasteiger charge is 2.37. The van der Waals surface area contributed by atoms with Crippen LogP contribution in [0.3, 0.4) is 0 Å². The molecule has 2 fully saturated rings. The maximum atomic E-state index is 11.8. The van der Waals surface area contributed by atoms with Gasteiger partial charge in [0.15, 0.2) is 0 Å². The first-order valence-corrected chi connectivity index (χ1v) is 9.20. The minimum atomic E-state index is -0.439. The Morgan fingerprint density at radius 3 is 2.61 bits per heavy atom. The fourth-order valence-corrected chi connectivity index (χ4v) is 3.70. The SMILES string of the molecule is CC(C)C(CNC(=O)OC(C)(C)C)CNC1CCN2CCCC12. The van der Waals surface area contributed by atoms with Crippen LogP contribution in [0.5, 0.6) is 0 Å². The van der Waals surface area contributed by atoms with E-state index in [-0.39, 0.29) is 6.09 Å². The van der Waals surface area contributed by atoms with Gasteiger partial charge in [-0.05, 0) is 58.4 Å². The lowest BCUT2D eigenvalue weighted by Crippen LogP contribution is -2.45. The molecule has 0 saturated carbocycles. The van der Waals surface area contributed by atoms with E-state index < -0.39 is 5.60 Å². The zero-order valence-electron chi connectivity index (χ0n) is 15.5. The lowest BCUT2D eigenvalue weighted by molar-refractivity contribution is 0.0514. The Balaban J connectivity index is 1.74. The molecule has 2 aliphatic heterocycles. The van der Waals surface area contributed by atoms with Gasteiger partial charge in [-0.1, -0.05) is 13.8 Å². The number of hydrogen-bond donors (Lipinski definition) is 2. The van der Waals surface area contributed by atoms with Crippen molar-refractivity contribution in [3.05, 3.63) is 0 Å². The van der Waals surface area contributed by atoms with Crippen molar-refractivity contribution >= 4 is 6.09 Å². The molecule has 0 aromatic rings. The molecule has 2 rings (SSSR count). The van der Waals surface area contributed by atoms with Crippen molar-refractivity contribution in [2.75, 3.05) is 26.2 Å². The molecule has 2 aliphatic rings. The first kappa shape index (κ1) is 18.5. The molecule has 2 N–H and O–H groups in total. The number of rotatable bonds is 6. The summed E-state index contributed by atoms with van der Waals surface area (Å²) in [6.07, 6.45) is 3.62. The van der Waals surface area contributed by atoms with Crippen molar-refractivity contribution in [3.8, 4) is 0 Å². The summed E-state index contributed by atoms with van der Waals surface area (Å²) in [5, 5.41) is 6.70. The molecule has 5 heteroatoms. The maximum absolute atomic E-state index is 11.8. The van der Waals surface area contributed by atoms with Crippen LogP contribution in [-0.2, 0) is 4.74 Å². The zero-order valence-corrected chi connectivity index (χ0v) is 15.5. The van der Waals surface area contributed by atoms with E-state index >= 15 is 0 Å². The quantitative estimate of drug-likeness (QED) is 0.788. The second-order valence-corrected chi connectivity index (χ2v) is 8.44. The van der Waals surface area contributed by atoms with Crippen molar-refractivity contribution in [3.63, 3.8) is 0 Å². The molecule has 0 bridgehead atoms. The third kappa shape index (κ3) is 5.64. The fraction of sp³-hybridized carbons (Fsp3) is 0.944. The fourth-order valence-electron chi connectivity index (χ4n) is 3.70. The predicted molar refractivity (Wildman–Crippen MR) is 93.6 cm³/mol. The Labute approximate surface area is 141 Å². The minimum Gasteiger partial charge on any atom is -0.444 e. The Morgan fingerprint density at radius 1 is 1.22 bits per heavy atom. The Morgan fingerprint density at radius 2 is 1.96 bits per heavy atom. The maximum Gasteiger partial charge on any atom is 0.407 e. The molecule has 3 unspecified atom stereocenters. The summed E-state index contributed by atoms with van der Waals surface area (Å²) in [4.78, 5) is 14.5. The van der Waals surface area contributed by atoms with Gasteiger partial charge in [-0.3, -0.25) is 4.90 Å². The van der Waals surface area contributed by atoms with Crippen LogP contribution < -0.4 is 10.6 Å². The number of carbonyl (C=O) groups is 1. The molecule has 0 spiro atoms. The van der Waals surface area contributed by atoms with E-state index in [0.717, 1.165) is 12.6 Å². The van der Waals surface area contributed by atoms with E-state index in [2.05, 4.69) is 29.4 Å². The largest absolute Gasteiger partial charge is 0.444 e. The van der Waals surface area contributed by atoms with Gasteiger partial charge >= 0.3 is 6.09 Å². The molecule has 134 valence electrons. The van der Waals surface area contributed by atoms with E-state index in [1.807, 2.05) is 20.8 Å². The van der Waals surface area contributed by atoms with Crippen LogP contribution in [0.15, 0.2) is 0 Å². The van der Waals surface area contributed by atoms with E-state index in [9.17, 15) is 4.79 Å². The summed E-state index contributed by atoms with van der Waals surface area (Å²) in [7, 11) is 0. The van der Waals surface area contributed by atoms with Gasteiger partial charge in [-0.25, -0.2) is 4.79 Å². The smallest absolute Gasteiger partial charge is 0.407 e. The molecule has 0 aromatic carbocycles. The molecular formula is C18H35N3O2. The highest BCUT2D eigenvalue weighted by Crippen LogP contribution is 2.28. The van der Waals surface area contributed by atoms with Crippen molar-refractivity contribution < 1.29 is 9.53 Å². The predicted octanol–water partition coefficient (Wildman–Crippen LogP) is 2.61. The third-order valence-electron chi connectivity index (χ3n) is 5.10. The highest BCUT2D eigenvalue weighted by atomic mass is 16.6. The van der Waals surface area contributed by atoms with E-state index in [4.69, 9.17) is 4.74 Å². The first-order chi connectivity index (χ1) is 10.8. The van der Waals surface area contributed by atoms with Crippen LogP contribution in [-0.4, -0.2) is 54.9 Å². The molecule has 5 nitrogen and oxygen atoms in total. The van der Waals surface area contributed by atoms with Crippen molar-refractivity contribution in [2.24, 2.45) is 11.8 Å². The monoisotopic (exact) mass is 325 g/mol. The average molecular weight is 325 g/mol. The topological polar surface area (TPSA) is 53.6 Å². The van der Waals surface area contributed by atoms with Crippen LogP contribution in [0.2, 0.25) is 0 Å². The van der Waals surface area contributed by atoms with Crippen molar-refractivity contribution in [2.45, 2.75) is 71.6 Å². The van der Waals surface area contributed by atoms with Gasteiger partial charge < -0.3 is 15.4 Å². The average Bonchev–Trinajstić information content (AvgIpc) is 3.00. The number of alkyl carbamates (subject to hydrolysis) is 1. The van der Waals surface area contributed by atoms with Crippen LogP contribution in [0.1, 0.15) is 53.9 Å². The van der Waals surface area contributed by atoms with Crippen molar-refractivity contribution in [1.29, 1.82) is 0 Å². The van der Waals surface area contributed by atoms with Crippen LogP contribution in [0.4, 0.5) is 4.79 Å². The first-order valence-electron chi connectivity index (χ1n) is 9.20. The van der Waals surface area contributed by atoms with Gasteiger partial charge in [0.05, 0.1) is 0 Å². The van der Waals surface area contributed by atoms with Crippen LogP contribution in [0.25, 0.3) is 0 Å². The second-order valence-electron chi connectivity index (χ2n) is 8.44. The lowest BCUT2D eigenvalue weighted by Gasteiger charge is -2.27. The van der Waals surface area contributed by atoms with Gasteiger partial charge in [0.25, 0.3) is 0 Å². The van der Waals surface area contributed by atoms with E-state index in [1.54, 1.807) is 0 Å². The zero-order chi connectivity index (χ0) is 17.0. The van der Waals surface area contributed by atoms with E-state index in [0.29, 0.717) is 24.4 Å². The Bertz CT molecular complexity index is 392. The number of nitrogens with zero attached hydrogens (tertiary/aromatic N) is 1.